The third-order valence-electron chi connectivity index (χ3n) is 4.71. The van der Waals surface area contributed by atoms with E-state index in [0.29, 0.717) is 17.4 Å². The Kier molecular flexibility index (Phi) is 4.63. The Hall–Kier alpha value is -3.72. The van der Waals surface area contributed by atoms with Crippen LogP contribution in [0.25, 0.3) is 11.2 Å². The van der Waals surface area contributed by atoms with Crippen LogP contribution in [0.2, 0.25) is 0 Å². The topological polar surface area (TPSA) is 104 Å². The smallest absolute Gasteiger partial charge is 0.231 e. The molecular formula is C20H20N8O. The molecule has 0 bridgehead atoms. The minimum absolute atomic E-state index is 0.449. The summed E-state index contributed by atoms with van der Waals surface area (Å²) in [5.41, 5.74) is 4.26. The molecule has 9 nitrogen and oxygen atoms in total. The highest BCUT2D eigenvalue weighted by Crippen LogP contribution is 2.26. The van der Waals surface area contributed by atoms with E-state index in [9.17, 15) is 0 Å². The molecule has 0 atom stereocenters. The number of H-pyrrole nitrogens is 1. The van der Waals surface area contributed by atoms with Gasteiger partial charge in [-0.25, -0.2) is 4.98 Å². The maximum atomic E-state index is 5.42. The lowest BCUT2D eigenvalue weighted by atomic mass is 10.2. The summed E-state index contributed by atoms with van der Waals surface area (Å²) in [7, 11) is 0. The zero-order chi connectivity index (χ0) is 19.5. The number of nitrogens with zero attached hydrogens (tertiary/aromatic N) is 5. The number of rotatable bonds is 5. The van der Waals surface area contributed by atoms with Crippen molar-refractivity contribution < 1.29 is 4.74 Å². The van der Waals surface area contributed by atoms with E-state index in [1.54, 1.807) is 18.7 Å². The molecule has 0 saturated carbocycles. The summed E-state index contributed by atoms with van der Waals surface area (Å²) in [5.74, 6) is 1.10. The maximum Gasteiger partial charge on any atom is 0.231 e. The predicted molar refractivity (Wildman–Crippen MR) is 112 cm³/mol. The number of hydrogen-bond donors (Lipinski definition) is 3. The highest BCUT2D eigenvalue weighted by Gasteiger charge is 2.13. The van der Waals surface area contributed by atoms with Gasteiger partial charge in [0.25, 0.3) is 0 Å². The molecule has 146 valence electrons. The van der Waals surface area contributed by atoms with Gasteiger partial charge in [-0.15, -0.1) is 0 Å². The van der Waals surface area contributed by atoms with Crippen LogP contribution in [-0.2, 0) is 4.74 Å². The number of morpholine rings is 1. The number of benzene rings is 1. The average Bonchev–Trinajstić information content (AvgIpc) is 3.25. The maximum absolute atomic E-state index is 5.42. The van der Waals surface area contributed by atoms with Crippen molar-refractivity contribution in [3.8, 4) is 0 Å². The summed E-state index contributed by atoms with van der Waals surface area (Å²) >= 11 is 0. The van der Waals surface area contributed by atoms with Crippen LogP contribution < -0.4 is 15.5 Å². The number of aromatic amines is 1. The molecule has 0 spiro atoms. The van der Waals surface area contributed by atoms with Crippen molar-refractivity contribution in [3.05, 3.63) is 55.1 Å². The second-order valence-corrected chi connectivity index (χ2v) is 6.63. The van der Waals surface area contributed by atoms with Gasteiger partial charge < -0.3 is 25.3 Å². The molecule has 5 rings (SSSR count). The number of fused-ring (bicyclic) bond motifs is 1. The van der Waals surface area contributed by atoms with Crippen LogP contribution in [0.5, 0.6) is 0 Å². The van der Waals surface area contributed by atoms with Crippen molar-refractivity contribution in [2.75, 3.05) is 41.8 Å². The molecule has 1 aromatic carbocycles. The van der Waals surface area contributed by atoms with Crippen LogP contribution in [-0.4, -0.2) is 51.2 Å². The lowest BCUT2D eigenvalue weighted by Crippen LogP contribution is -2.36. The van der Waals surface area contributed by atoms with Crippen molar-refractivity contribution in [1.82, 2.24) is 24.9 Å². The van der Waals surface area contributed by atoms with Crippen LogP contribution in [0.15, 0.2) is 55.1 Å². The van der Waals surface area contributed by atoms with Crippen LogP contribution in [0.4, 0.5) is 28.8 Å². The fraction of sp³-hybridized carbons (Fsp3) is 0.200. The largest absolute Gasteiger partial charge is 0.378 e. The van der Waals surface area contributed by atoms with E-state index < -0.39 is 0 Å². The Morgan fingerprint density at radius 3 is 2.62 bits per heavy atom. The van der Waals surface area contributed by atoms with Crippen LogP contribution in [0.3, 0.4) is 0 Å². The Balaban J connectivity index is 1.40. The number of imidazole rings is 1. The molecule has 3 aromatic heterocycles. The summed E-state index contributed by atoms with van der Waals surface area (Å²) in [5, 5.41) is 6.54. The van der Waals surface area contributed by atoms with Crippen LogP contribution >= 0.6 is 0 Å². The zero-order valence-corrected chi connectivity index (χ0v) is 15.7. The summed E-state index contributed by atoms with van der Waals surface area (Å²) in [6.07, 6.45) is 5.05. The third kappa shape index (κ3) is 3.81. The van der Waals surface area contributed by atoms with Crippen molar-refractivity contribution in [3.63, 3.8) is 0 Å². The van der Waals surface area contributed by atoms with Gasteiger partial charge in [-0.05, 0) is 36.4 Å². The van der Waals surface area contributed by atoms with Gasteiger partial charge in [-0.1, -0.05) is 0 Å². The lowest BCUT2D eigenvalue weighted by molar-refractivity contribution is 0.122. The second kappa shape index (κ2) is 7.72. The monoisotopic (exact) mass is 388 g/mol. The van der Waals surface area contributed by atoms with Crippen molar-refractivity contribution in [2.24, 2.45) is 0 Å². The van der Waals surface area contributed by atoms with Gasteiger partial charge >= 0.3 is 0 Å². The molecule has 4 aromatic rings. The number of hydrogen-bond acceptors (Lipinski definition) is 8. The van der Waals surface area contributed by atoms with E-state index in [-0.39, 0.29) is 0 Å². The molecule has 1 fully saturated rings. The molecule has 1 aliphatic rings. The van der Waals surface area contributed by atoms with E-state index in [0.717, 1.165) is 43.2 Å². The van der Waals surface area contributed by atoms with E-state index in [1.807, 2.05) is 24.3 Å². The van der Waals surface area contributed by atoms with E-state index in [2.05, 4.69) is 52.6 Å². The normalized spacial score (nSPS) is 14.1. The minimum atomic E-state index is 0.449. The van der Waals surface area contributed by atoms with E-state index >= 15 is 0 Å². The molecule has 0 radical (unpaired) electrons. The van der Waals surface area contributed by atoms with Crippen molar-refractivity contribution in [1.29, 1.82) is 0 Å². The number of aromatic nitrogens is 5. The third-order valence-corrected chi connectivity index (χ3v) is 4.71. The summed E-state index contributed by atoms with van der Waals surface area (Å²) in [6, 6.07) is 12.1. The predicted octanol–water partition coefficient (Wildman–Crippen LogP) is 3.07. The van der Waals surface area contributed by atoms with Gasteiger partial charge in [0.05, 0.1) is 31.4 Å². The number of nitrogens with one attached hydrogen (secondary N) is 3. The molecule has 3 N–H and O–H groups in total. The fourth-order valence-electron chi connectivity index (χ4n) is 3.26. The Morgan fingerprint density at radius 2 is 1.83 bits per heavy atom. The average molecular weight is 388 g/mol. The van der Waals surface area contributed by atoms with Gasteiger partial charge in [0, 0.05) is 30.7 Å². The first-order valence-electron chi connectivity index (χ1n) is 9.43. The molecule has 29 heavy (non-hydrogen) atoms. The number of pyridine rings is 1. The molecule has 1 aliphatic heterocycles. The number of anilines is 5. The van der Waals surface area contributed by atoms with Gasteiger partial charge in [0.2, 0.25) is 5.95 Å². The van der Waals surface area contributed by atoms with Crippen molar-refractivity contribution >= 4 is 40.0 Å². The quantitative estimate of drug-likeness (QED) is 0.479. The molecule has 0 unspecified atom stereocenters. The lowest BCUT2D eigenvalue weighted by Gasteiger charge is -2.28. The van der Waals surface area contributed by atoms with Crippen LogP contribution in [0, 0.1) is 0 Å². The first kappa shape index (κ1) is 17.4. The highest BCUT2D eigenvalue weighted by molar-refractivity contribution is 5.86. The minimum Gasteiger partial charge on any atom is -0.378 e. The second-order valence-electron chi connectivity index (χ2n) is 6.63. The Labute approximate surface area is 167 Å². The molecule has 1 saturated heterocycles. The summed E-state index contributed by atoms with van der Waals surface area (Å²) in [4.78, 5) is 22.9. The highest BCUT2D eigenvalue weighted by atomic mass is 16.5. The van der Waals surface area contributed by atoms with Gasteiger partial charge in [0.15, 0.2) is 11.5 Å². The Morgan fingerprint density at radius 1 is 0.966 bits per heavy atom. The molecule has 0 amide bonds. The van der Waals surface area contributed by atoms with E-state index in [4.69, 9.17) is 4.74 Å². The molecular weight excluding hydrogens is 368 g/mol. The molecule has 0 aliphatic carbocycles. The van der Waals surface area contributed by atoms with Gasteiger partial charge in [-0.2, -0.15) is 9.97 Å². The first-order valence-corrected chi connectivity index (χ1v) is 9.43. The summed E-state index contributed by atoms with van der Waals surface area (Å²) in [6.45, 7) is 3.37. The SMILES string of the molecule is c1cncc(Nc2nc(Nc3ccc(N4CCOCC4)cc3)c3[nH]cnc3n2)c1. The van der Waals surface area contributed by atoms with E-state index in [1.165, 1.54) is 5.69 Å². The van der Waals surface area contributed by atoms with Gasteiger partial charge in [0.1, 0.15) is 5.52 Å². The number of ether oxygens (including phenoxy) is 1. The molecule has 9 heteroatoms. The van der Waals surface area contributed by atoms with Crippen molar-refractivity contribution in [2.45, 2.75) is 0 Å². The Bertz CT molecular complexity index is 1090. The molecule has 4 heterocycles. The first-order chi connectivity index (χ1) is 14.3. The summed E-state index contributed by atoms with van der Waals surface area (Å²) < 4.78 is 5.42. The standard InChI is InChI=1S/C20H20N8O/c1-2-15(12-21-7-1)25-20-26-18-17(22-13-23-18)19(27-20)24-14-3-5-16(6-4-14)28-8-10-29-11-9-28/h1-7,12-13H,8-11H2,(H3,22,23,24,25,26,27). The fourth-order valence-corrected chi connectivity index (χ4v) is 3.26. The zero-order valence-electron chi connectivity index (χ0n) is 15.7. The van der Waals surface area contributed by atoms with Gasteiger partial charge in [-0.3, -0.25) is 4.98 Å². The van der Waals surface area contributed by atoms with Crippen LogP contribution in [0.1, 0.15) is 0 Å².